The molecule has 0 radical (unpaired) electrons. The molecule has 4 rings (SSSR count). The highest BCUT2D eigenvalue weighted by atomic mass is 16.7. The van der Waals surface area contributed by atoms with E-state index in [1.807, 2.05) is 40.7 Å². The molecule has 1 aliphatic heterocycles. The van der Waals surface area contributed by atoms with Crippen LogP contribution in [0.2, 0.25) is 0 Å². The second kappa shape index (κ2) is 28.9. The molecule has 53 heavy (non-hydrogen) atoms. The van der Waals surface area contributed by atoms with Crippen LogP contribution in [0.15, 0.2) is 120 Å². The van der Waals surface area contributed by atoms with Crippen LogP contribution in [-0.4, -0.2) is 41.1 Å². The summed E-state index contributed by atoms with van der Waals surface area (Å²) in [4.78, 5) is 17.1. The van der Waals surface area contributed by atoms with E-state index in [-0.39, 0.29) is 6.79 Å². The minimum absolute atomic E-state index is 0.173. The molecule has 2 aromatic rings. The quantitative estimate of drug-likeness (QED) is 0.0355. The lowest BCUT2D eigenvalue weighted by molar-refractivity contribution is 0.0292. The molecule has 2 heterocycles. The number of hydrogen-bond donors (Lipinski definition) is 0. The number of allylic oxidation sites excluding steroid dienone is 8. The van der Waals surface area contributed by atoms with Gasteiger partial charge in [-0.15, -0.1) is 11.5 Å². The molecule has 0 bridgehead atoms. The number of hydrogen-bond acceptors (Lipinski definition) is 8. The van der Waals surface area contributed by atoms with Crippen molar-refractivity contribution in [2.45, 2.75) is 113 Å². The normalized spacial score (nSPS) is 13.8. The fourth-order valence-electron chi connectivity index (χ4n) is 5.42. The first-order valence-corrected chi connectivity index (χ1v) is 19.2. The number of nitroso groups, excluding NO2 is 1. The molecule has 0 unspecified atom stereocenters. The van der Waals surface area contributed by atoms with Gasteiger partial charge >= 0.3 is 0 Å². The summed E-state index contributed by atoms with van der Waals surface area (Å²) in [6, 6.07) is 10.5. The SMILES string of the molecule is C/C=C(\C)N=O.C=C/C=C/OCO/C(C)=C/CCN(CC1=CC2=C(CCC1)OCO2)Cc1c(CC=C)nc(-c2ccccc2)n1CCCC.CC.CC. The summed E-state index contributed by atoms with van der Waals surface area (Å²) < 4.78 is 25.0. The number of unbranched alkanes of at least 4 members (excludes halogenated alkanes) is 1. The smallest absolute Gasteiger partial charge is 0.230 e. The van der Waals surface area contributed by atoms with Crippen molar-refractivity contribution in [2.75, 3.05) is 26.7 Å². The third-order valence-corrected chi connectivity index (χ3v) is 8.12. The zero-order valence-corrected chi connectivity index (χ0v) is 33.9. The number of aromatic nitrogens is 2. The van der Waals surface area contributed by atoms with Gasteiger partial charge in [0.05, 0.1) is 29.1 Å². The zero-order valence-electron chi connectivity index (χ0n) is 33.9. The summed E-state index contributed by atoms with van der Waals surface area (Å²) in [6.07, 6.45) is 19.7. The summed E-state index contributed by atoms with van der Waals surface area (Å²) in [5.74, 6) is 3.77. The Morgan fingerprint density at radius 3 is 2.47 bits per heavy atom. The molecule has 9 nitrogen and oxygen atoms in total. The van der Waals surface area contributed by atoms with Crippen molar-refractivity contribution in [3.8, 4) is 11.4 Å². The largest absolute Gasteiger partial charge is 0.465 e. The van der Waals surface area contributed by atoms with Gasteiger partial charge in [-0.1, -0.05) is 102 Å². The van der Waals surface area contributed by atoms with E-state index in [9.17, 15) is 4.91 Å². The first kappa shape index (κ1) is 46.4. The molecule has 1 aromatic heterocycles. The van der Waals surface area contributed by atoms with Crippen LogP contribution in [0.3, 0.4) is 0 Å². The van der Waals surface area contributed by atoms with Crippen LogP contribution in [0.5, 0.6) is 0 Å². The minimum Gasteiger partial charge on any atom is -0.465 e. The van der Waals surface area contributed by atoms with Crippen LogP contribution in [-0.2, 0) is 38.5 Å². The van der Waals surface area contributed by atoms with E-state index in [1.54, 1.807) is 38.3 Å². The Labute approximate surface area is 320 Å². The zero-order chi connectivity index (χ0) is 39.3. The summed E-state index contributed by atoms with van der Waals surface area (Å²) in [5.41, 5.74) is 5.41. The lowest BCUT2D eigenvalue weighted by atomic mass is 10.1. The standard InChI is InChI=1S/C36H47N3O4.C4H7NO.2C2H6/c1-5-8-22-39-33(32(15-7-3)37-36(39)31-18-11-10-12-19-31)26-38(21-14-16-29(4)41-27-40-23-9-6-2)25-30-17-13-20-34-35(24-30)43-28-42-34;1-3-4(2)5-6;2*1-2/h6-7,9-12,16,18-19,23-24H,2-3,5,8,13-15,17,20-22,25-28H2,1,4H3;3H,1-2H3;2*1-2H3/b23-9+,29-16+;4-3+;;. The Kier molecular flexibility index (Phi) is 25.3. The molecule has 0 N–H and O–H groups in total. The lowest BCUT2D eigenvalue weighted by Gasteiger charge is -2.25. The Morgan fingerprint density at radius 1 is 1.08 bits per heavy atom. The van der Waals surface area contributed by atoms with Crippen LogP contribution in [0.4, 0.5) is 0 Å². The van der Waals surface area contributed by atoms with Crippen molar-refractivity contribution in [1.82, 2.24) is 14.5 Å². The third-order valence-electron chi connectivity index (χ3n) is 8.12. The minimum atomic E-state index is 0.173. The van der Waals surface area contributed by atoms with E-state index in [0.29, 0.717) is 12.5 Å². The van der Waals surface area contributed by atoms with Crippen molar-refractivity contribution in [3.05, 3.63) is 131 Å². The number of ether oxygens (including phenoxy) is 4. The second-order valence-corrected chi connectivity index (χ2v) is 11.9. The molecule has 0 amide bonds. The van der Waals surface area contributed by atoms with Crippen LogP contribution >= 0.6 is 0 Å². The molecular weight excluding hydrogens is 665 g/mol. The highest BCUT2D eigenvalue weighted by molar-refractivity contribution is 5.57. The van der Waals surface area contributed by atoms with Crippen LogP contribution in [0, 0.1) is 4.91 Å². The Morgan fingerprint density at radius 2 is 1.83 bits per heavy atom. The Bertz CT molecular complexity index is 1500. The summed E-state index contributed by atoms with van der Waals surface area (Å²) >= 11 is 0. The monoisotopic (exact) mass is 731 g/mol. The predicted octanol–water partition coefficient (Wildman–Crippen LogP) is 11.9. The van der Waals surface area contributed by atoms with Gasteiger partial charge in [0.2, 0.25) is 13.6 Å². The predicted molar refractivity (Wildman–Crippen MR) is 220 cm³/mol. The average Bonchev–Trinajstić information content (AvgIpc) is 3.72. The maximum absolute atomic E-state index is 9.42. The molecule has 9 heteroatoms. The van der Waals surface area contributed by atoms with Crippen molar-refractivity contribution in [2.24, 2.45) is 5.18 Å². The van der Waals surface area contributed by atoms with Gasteiger partial charge in [0.15, 0.2) is 5.76 Å². The number of rotatable bonds is 19. The van der Waals surface area contributed by atoms with Crippen molar-refractivity contribution >= 4 is 0 Å². The maximum atomic E-state index is 9.42. The van der Waals surface area contributed by atoms with Gasteiger partial charge in [0.25, 0.3) is 0 Å². The van der Waals surface area contributed by atoms with Crippen molar-refractivity contribution in [1.29, 1.82) is 0 Å². The van der Waals surface area contributed by atoms with Gasteiger partial charge in [-0.3, -0.25) is 4.90 Å². The van der Waals surface area contributed by atoms with Crippen LogP contribution in [0.25, 0.3) is 11.4 Å². The van der Waals surface area contributed by atoms with E-state index in [0.717, 1.165) is 105 Å². The Balaban J connectivity index is 0.00000126. The van der Waals surface area contributed by atoms with Crippen LogP contribution < -0.4 is 0 Å². The molecule has 0 saturated heterocycles. The molecular formula is C44H66N4O5. The highest BCUT2D eigenvalue weighted by Crippen LogP contribution is 2.30. The fourth-order valence-corrected chi connectivity index (χ4v) is 5.42. The fraction of sp³-hybridized carbons (Fsp3) is 0.477. The molecule has 1 aromatic carbocycles. The molecule has 0 fully saturated rings. The van der Waals surface area contributed by atoms with Crippen LogP contribution in [0.1, 0.15) is 105 Å². The third kappa shape index (κ3) is 17.2. The molecule has 0 atom stereocenters. The maximum Gasteiger partial charge on any atom is 0.230 e. The van der Waals surface area contributed by atoms with E-state index in [4.69, 9.17) is 23.9 Å². The molecule has 2 aliphatic rings. The van der Waals surface area contributed by atoms with E-state index >= 15 is 0 Å². The van der Waals surface area contributed by atoms with Gasteiger partial charge in [-0.2, -0.15) is 0 Å². The molecule has 292 valence electrons. The van der Waals surface area contributed by atoms with Crippen molar-refractivity contribution in [3.63, 3.8) is 0 Å². The van der Waals surface area contributed by atoms with E-state index < -0.39 is 0 Å². The first-order valence-electron chi connectivity index (χ1n) is 19.2. The summed E-state index contributed by atoms with van der Waals surface area (Å²) in [5, 5.41) is 2.62. The number of imidazole rings is 1. The molecule has 0 saturated carbocycles. The number of benzene rings is 1. The van der Waals surface area contributed by atoms with Crippen molar-refractivity contribution < 1.29 is 18.9 Å². The van der Waals surface area contributed by atoms with E-state index in [1.165, 1.54) is 11.3 Å². The topological polar surface area (TPSA) is 87.4 Å². The summed E-state index contributed by atoms with van der Waals surface area (Å²) in [6.45, 7) is 27.3. The van der Waals surface area contributed by atoms with Gasteiger partial charge in [0, 0.05) is 44.6 Å². The summed E-state index contributed by atoms with van der Waals surface area (Å²) in [7, 11) is 0. The Hall–Kier alpha value is -4.63. The van der Waals surface area contributed by atoms with Gasteiger partial charge in [-0.25, -0.2) is 4.98 Å². The van der Waals surface area contributed by atoms with Gasteiger partial charge in [-0.05, 0) is 69.9 Å². The highest BCUT2D eigenvalue weighted by Gasteiger charge is 2.23. The number of nitrogens with zero attached hydrogens (tertiary/aromatic N) is 4. The average molecular weight is 731 g/mol. The molecule has 0 spiro atoms. The van der Waals surface area contributed by atoms with Gasteiger partial charge < -0.3 is 23.5 Å². The van der Waals surface area contributed by atoms with E-state index in [2.05, 4.69) is 77.2 Å². The lowest BCUT2D eigenvalue weighted by Crippen LogP contribution is -2.28. The molecule has 1 aliphatic carbocycles. The van der Waals surface area contributed by atoms with Gasteiger partial charge in [0.1, 0.15) is 11.6 Å². The first-order chi connectivity index (χ1) is 25.9. The second-order valence-electron chi connectivity index (χ2n) is 11.9.